The van der Waals surface area contributed by atoms with Gasteiger partial charge in [-0.2, -0.15) is 0 Å². The summed E-state index contributed by atoms with van der Waals surface area (Å²) in [6.07, 6.45) is -5.00. The van der Waals surface area contributed by atoms with Crippen LogP contribution in [0.3, 0.4) is 0 Å². The molecule has 0 radical (unpaired) electrons. The number of hydrogen-bond acceptors (Lipinski definition) is 13. The molecule has 188 valence electrons. The van der Waals surface area contributed by atoms with Gasteiger partial charge in [0.15, 0.2) is 0 Å². The first kappa shape index (κ1) is 31.4. The second kappa shape index (κ2) is 14.6. The van der Waals surface area contributed by atoms with Crippen molar-refractivity contribution in [3.63, 3.8) is 0 Å². The molecule has 18 nitrogen and oxygen atoms in total. The van der Waals surface area contributed by atoms with Gasteiger partial charge in [-0.25, -0.2) is 13.7 Å². The van der Waals surface area contributed by atoms with Gasteiger partial charge in [-0.3, -0.25) is 27.2 Å². The Bertz CT molecular complexity index is 679. The van der Waals surface area contributed by atoms with Crippen molar-refractivity contribution >= 4 is 31.7 Å². The molecule has 0 saturated heterocycles. The summed E-state index contributed by atoms with van der Waals surface area (Å²) in [6.45, 7) is -5.25. The van der Waals surface area contributed by atoms with Crippen molar-refractivity contribution in [1.82, 2.24) is 0 Å². The minimum absolute atomic E-state index is 0.670. The molecule has 0 rings (SSSR count). The Morgan fingerprint density at radius 3 is 1.19 bits per heavy atom. The van der Waals surface area contributed by atoms with E-state index >= 15 is 0 Å². The quantitative estimate of drug-likeness (QED) is 0.0853. The van der Waals surface area contributed by atoms with E-state index in [2.05, 4.69) is 27.1 Å². The summed E-state index contributed by atoms with van der Waals surface area (Å²) in [6, 6.07) is 0. The normalized spacial score (nSPS) is 20.4. The van der Waals surface area contributed by atoms with Crippen LogP contribution in [-0.4, -0.2) is 97.7 Å². The van der Waals surface area contributed by atoms with Gasteiger partial charge in [0.2, 0.25) is 0 Å². The van der Waals surface area contributed by atoms with Crippen molar-refractivity contribution in [2.24, 2.45) is 0 Å². The van der Waals surface area contributed by atoms with Gasteiger partial charge in [-0.15, -0.1) is 0 Å². The number of phosphoric ester groups is 3. The van der Waals surface area contributed by atoms with Crippen LogP contribution in [0.2, 0.25) is 0 Å². The van der Waals surface area contributed by atoms with Crippen LogP contribution in [0.1, 0.15) is 0 Å². The first-order valence-electron chi connectivity index (χ1n) is 7.85. The molecular formula is C9H24O18P4. The molecule has 22 heteroatoms. The van der Waals surface area contributed by atoms with Crippen molar-refractivity contribution in [3.05, 3.63) is 0 Å². The highest BCUT2D eigenvalue weighted by Crippen LogP contribution is 2.45. The van der Waals surface area contributed by atoms with E-state index in [0.29, 0.717) is 0 Å². The maximum absolute atomic E-state index is 11.6. The molecular weight excluding hydrogens is 520 g/mol. The molecule has 0 bridgehead atoms. The Hall–Kier alpha value is 0.360. The summed E-state index contributed by atoms with van der Waals surface area (Å²) in [5.74, 6) is 0. The van der Waals surface area contributed by atoms with Crippen LogP contribution >= 0.6 is 31.7 Å². The molecule has 0 aromatic carbocycles. The van der Waals surface area contributed by atoms with Gasteiger partial charge < -0.3 is 44.3 Å². The molecule has 0 aliphatic heterocycles. The van der Waals surface area contributed by atoms with Gasteiger partial charge in [0.1, 0.15) is 18.3 Å². The van der Waals surface area contributed by atoms with E-state index in [1.807, 2.05) is 0 Å². The van der Waals surface area contributed by atoms with E-state index in [-0.39, 0.29) is 0 Å². The van der Waals surface area contributed by atoms with Gasteiger partial charge in [-0.05, 0) is 0 Å². The first-order valence-corrected chi connectivity index (χ1v) is 13.6. The van der Waals surface area contributed by atoms with Crippen LogP contribution in [0.5, 0.6) is 0 Å². The summed E-state index contributed by atoms with van der Waals surface area (Å²) in [7, 11) is -17.8. The van der Waals surface area contributed by atoms with E-state index in [4.69, 9.17) is 14.7 Å². The fourth-order valence-electron chi connectivity index (χ4n) is 1.29. The molecule has 0 aromatic rings. The molecule has 6 atom stereocenters. The number of aliphatic hydroxyl groups is 3. The van der Waals surface area contributed by atoms with Gasteiger partial charge in [-0.1, -0.05) is 0 Å². The van der Waals surface area contributed by atoms with Gasteiger partial charge >= 0.3 is 31.7 Å². The van der Waals surface area contributed by atoms with Crippen LogP contribution in [0.4, 0.5) is 0 Å². The number of rotatable bonds is 18. The highest BCUT2D eigenvalue weighted by molar-refractivity contribution is 7.47. The molecule has 0 aliphatic rings. The average molecular weight is 544 g/mol. The lowest BCUT2D eigenvalue weighted by Crippen LogP contribution is -2.24. The lowest BCUT2D eigenvalue weighted by atomic mass is 10.4. The molecule has 0 spiro atoms. The number of hydrogen-bond donors (Lipinski definition) is 8. The second-order valence-electron chi connectivity index (χ2n) is 5.44. The SMILES string of the molecule is O=[PH](O)OC[C@@H](O)COP(=O)(O)OC[C@@H](O)COP(=O)(O)OC[C@@H](O)COP(=O)(O)O. The summed E-state index contributed by atoms with van der Waals surface area (Å²) < 4.78 is 69.3. The first-order chi connectivity index (χ1) is 14.0. The zero-order valence-corrected chi connectivity index (χ0v) is 19.2. The average Bonchev–Trinajstić information content (AvgIpc) is 2.64. The van der Waals surface area contributed by atoms with E-state index in [9.17, 15) is 43.4 Å². The van der Waals surface area contributed by atoms with Crippen LogP contribution in [0.25, 0.3) is 0 Å². The van der Waals surface area contributed by atoms with E-state index in [1.54, 1.807) is 0 Å². The van der Waals surface area contributed by atoms with E-state index in [1.165, 1.54) is 0 Å². The van der Waals surface area contributed by atoms with Crippen molar-refractivity contribution in [2.45, 2.75) is 18.3 Å². The molecule has 3 unspecified atom stereocenters. The van der Waals surface area contributed by atoms with E-state index in [0.717, 1.165) is 0 Å². The lowest BCUT2D eigenvalue weighted by Gasteiger charge is -2.18. The third kappa shape index (κ3) is 19.5. The van der Waals surface area contributed by atoms with Gasteiger partial charge in [0.25, 0.3) is 0 Å². The number of aliphatic hydroxyl groups excluding tert-OH is 3. The molecule has 31 heavy (non-hydrogen) atoms. The third-order valence-electron chi connectivity index (χ3n) is 2.55. The molecule has 8 N–H and O–H groups in total. The Morgan fingerprint density at radius 1 is 0.613 bits per heavy atom. The fourth-order valence-corrected chi connectivity index (χ4v) is 3.58. The smallest absolute Gasteiger partial charge is 0.388 e. The minimum Gasteiger partial charge on any atom is -0.388 e. The maximum atomic E-state index is 11.6. The van der Waals surface area contributed by atoms with Gasteiger partial charge in [0, 0.05) is 0 Å². The molecule has 0 fully saturated rings. The molecule has 0 aliphatic carbocycles. The lowest BCUT2D eigenvalue weighted by molar-refractivity contribution is 0.00808. The number of phosphoric acid groups is 3. The Balaban J connectivity index is 4.20. The van der Waals surface area contributed by atoms with Crippen molar-refractivity contribution in [1.29, 1.82) is 0 Å². The summed E-state index contributed by atoms with van der Waals surface area (Å²) in [4.78, 5) is 44.0. The monoisotopic (exact) mass is 544 g/mol. The summed E-state index contributed by atoms with van der Waals surface area (Å²) in [5, 5.41) is 28.1. The largest absolute Gasteiger partial charge is 0.472 e. The fraction of sp³-hybridized carbons (Fsp3) is 1.00. The Kier molecular flexibility index (Phi) is 14.8. The zero-order valence-electron chi connectivity index (χ0n) is 15.5. The Labute approximate surface area is 175 Å². The maximum Gasteiger partial charge on any atom is 0.472 e. The van der Waals surface area contributed by atoms with Crippen molar-refractivity contribution in [2.75, 3.05) is 39.6 Å². The summed E-state index contributed by atoms with van der Waals surface area (Å²) in [5.41, 5.74) is 0. The predicted octanol–water partition coefficient (Wildman–Crippen LogP) is -2.16. The standard InChI is InChI=1S/C9H24O18P4/c10-7(1-22-28(13)14)3-24-30(18,19)26-5-9(12)6-27-31(20,21)25-4-8(11)2-23-29(15,16)17/h7-12,28H,1-6H2,(H,13,14)(H,18,19)(H,20,21)(H2,15,16,17)/t7-,8+,9-/m1/s1. The molecule has 0 heterocycles. The minimum atomic E-state index is -4.87. The summed E-state index contributed by atoms with van der Waals surface area (Å²) >= 11 is 0. The second-order valence-corrected chi connectivity index (χ2v) is 10.4. The molecule has 0 amide bonds. The van der Waals surface area contributed by atoms with Crippen LogP contribution in [0, 0.1) is 0 Å². The third-order valence-corrected chi connectivity index (χ3v) is 5.36. The zero-order chi connectivity index (χ0) is 24.3. The van der Waals surface area contributed by atoms with Gasteiger partial charge in [0.05, 0.1) is 39.6 Å². The van der Waals surface area contributed by atoms with E-state index < -0.39 is 89.7 Å². The van der Waals surface area contributed by atoms with Crippen LogP contribution in [-0.2, 0) is 45.4 Å². The van der Waals surface area contributed by atoms with Crippen molar-refractivity contribution in [3.8, 4) is 0 Å². The topological polar surface area (TPSA) is 285 Å². The van der Waals surface area contributed by atoms with Crippen molar-refractivity contribution < 1.29 is 85.2 Å². The van der Waals surface area contributed by atoms with Crippen LogP contribution < -0.4 is 0 Å². The molecule has 0 saturated carbocycles. The Morgan fingerprint density at radius 2 is 0.903 bits per heavy atom. The highest BCUT2D eigenvalue weighted by Gasteiger charge is 2.28. The highest BCUT2D eigenvalue weighted by atomic mass is 31.2. The molecule has 0 aromatic heterocycles. The van der Waals surface area contributed by atoms with Crippen LogP contribution in [0.15, 0.2) is 0 Å². The predicted molar refractivity (Wildman–Crippen MR) is 96.6 cm³/mol.